The fraction of sp³-hybridized carbons (Fsp3) is 0.455. The number of piperazine rings is 1. The molecule has 0 radical (unpaired) electrons. The highest BCUT2D eigenvalue weighted by Crippen LogP contribution is 2.31. The summed E-state index contributed by atoms with van der Waals surface area (Å²) in [7, 11) is 0.404. The van der Waals surface area contributed by atoms with Crippen LogP contribution in [0.25, 0.3) is 0 Å². The first-order valence-corrected chi connectivity index (χ1v) is 11.8. The zero-order valence-electron chi connectivity index (χ0n) is 17.5. The van der Waals surface area contributed by atoms with Crippen molar-refractivity contribution in [2.24, 2.45) is 0 Å². The van der Waals surface area contributed by atoms with Gasteiger partial charge < -0.3 is 9.80 Å². The molecule has 0 aromatic heterocycles. The van der Waals surface area contributed by atoms with E-state index in [-0.39, 0.29) is 17.5 Å². The van der Waals surface area contributed by atoms with Gasteiger partial charge in [-0.1, -0.05) is 18.2 Å². The normalized spacial score (nSPS) is 19.1. The molecule has 4 rings (SSSR count). The summed E-state index contributed by atoms with van der Waals surface area (Å²) in [6, 6.07) is 11.5. The van der Waals surface area contributed by atoms with Crippen molar-refractivity contribution in [2.75, 3.05) is 58.3 Å². The molecule has 1 N–H and O–H groups in total. The molecule has 0 saturated carbocycles. The number of fused-ring (bicyclic) bond motifs is 1. The SMILES string of the molecule is CN1CCN([C@H](CNS(=O)(=O)c2cccc(F)c2)c2ccc3c(c2)CCN3C)CC1. The van der Waals surface area contributed by atoms with Crippen molar-refractivity contribution >= 4 is 15.7 Å². The molecule has 2 aliphatic rings. The van der Waals surface area contributed by atoms with Gasteiger partial charge in [0.05, 0.1) is 4.90 Å². The number of benzene rings is 2. The van der Waals surface area contributed by atoms with Gasteiger partial charge in [0.2, 0.25) is 10.0 Å². The summed E-state index contributed by atoms with van der Waals surface area (Å²) >= 11 is 0. The van der Waals surface area contributed by atoms with Crippen LogP contribution in [0.2, 0.25) is 0 Å². The molecule has 162 valence electrons. The van der Waals surface area contributed by atoms with Gasteiger partial charge in [0.15, 0.2) is 0 Å². The Kier molecular flexibility index (Phi) is 6.11. The van der Waals surface area contributed by atoms with Crippen LogP contribution in [-0.4, -0.2) is 71.6 Å². The second-order valence-electron chi connectivity index (χ2n) is 8.22. The summed E-state index contributed by atoms with van der Waals surface area (Å²) in [6.07, 6.45) is 1.00. The van der Waals surface area contributed by atoms with E-state index in [1.54, 1.807) is 0 Å². The van der Waals surface area contributed by atoms with Crippen LogP contribution >= 0.6 is 0 Å². The molecule has 0 unspecified atom stereocenters. The Labute approximate surface area is 178 Å². The van der Waals surface area contributed by atoms with Crippen molar-refractivity contribution < 1.29 is 12.8 Å². The minimum Gasteiger partial charge on any atom is -0.374 e. The standard InChI is InChI=1S/C22H29FN4O2S/c1-25-10-12-27(13-11-25)22(17-6-7-21-18(14-17)8-9-26(21)2)16-24-30(28,29)20-5-3-4-19(23)15-20/h3-7,14-15,22,24H,8-13,16H2,1-2H3/t22-/m1/s1. The van der Waals surface area contributed by atoms with E-state index in [0.29, 0.717) is 0 Å². The molecule has 0 amide bonds. The molecular weight excluding hydrogens is 403 g/mol. The first kappa shape index (κ1) is 21.2. The number of sulfonamides is 1. The lowest BCUT2D eigenvalue weighted by Crippen LogP contribution is -2.48. The highest BCUT2D eigenvalue weighted by molar-refractivity contribution is 7.89. The largest absolute Gasteiger partial charge is 0.374 e. The molecule has 0 spiro atoms. The molecule has 2 aromatic rings. The molecule has 2 aliphatic heterocycles. The van der Waals surface area contributed by atoms with Gasteiger partial charge in [-0.05, 0) is 48.9 Å². The number of anilines is 1. The Hall–Kier alpha value is -2.00. The summed E-state index contributed by atoms with van der Waals surface area (Å²) in [5.74, 6) is -0.559. The van der Waals surface area contributed by atoms with Crippen LogP contribution in [0.5, 0.6) is 0 Å². The minimum absolute atomic E-state index is 0.0461. The van der Waals surface area contributed by atoms with E-state index in [4.69, 9.17) is 0 Å². The minimum atomic E-state index is -3.79. The van der Waals surface area contributed by atoms with Gasteiger partial charge in [-0.2, -0.15) is 0 Å². The number of nitrogens with zero attached hydrogens (tertiary/aromatic N) is 3. The third kappa shape index (κ3) is 4.51. The van der Waals surface area contributed by atoms with Crippen molar-refractivity contribution in [2.45, 2.75) is 17.4 Å². The summed E-state index contributed by atoms with van der Waals surface area (Å²) in [6.45, 7) is 4.89. The second kappa shape index (κ2) is 8.63. The molecule has 2 heterocycles. The van der Waals surface area contributed by atoms with Crippen LogP contribution in [0, 0.1) is 5.82 Å². The van der Waals surface area contributed by atoms with E-state index in [0.717, 1.165) is 50.8 Å². The molecule has 0 aliphatic carbocycles. The summed E-state index contributed by atoms with van der Waals surface area (Å²) in [4.78, 5) is 6.82. The summed E-state index contributed by atoms with van der Waals surface area (Å²) in [5, 5.41) is 0. The van der Waals surface area contributed by atoms with Gasteiger partial charge in [0.25, 0.3) is 0 Å². The fourth-order valence-corrected chi connectivity index (χ4v) is 5.36. The fourth-order valence-electron chi connectivity index (χ4n) is 4.29. The monoisotopic (exact) mass is 432 g/mol. The smallest absolute Gasteiger partial charge is 0.240 e. The lowest BCUT2D eigenvalue weighted by molar-refractivity contribution is 0.113. The van der Waals surface area contributed by atoms with Gasteiger partial charge >= 0.3 is 0 Å². The number of rotatable bonds is 6. The Morgan fingerprint density at radius 1 is 1.03 bits per heavy atom. The van der Waals surface area contributed by atoms with Crippen molar-refractivity contribution in [3.63, 3.8) is 0 Å². The molecule has 1 atom stereocenters. The van der Waals surface area contributed by atoms with Crippen LogP contribution in [0.15, 0.2) is 47.4 Å². The van der Waals surface area contributed by atoms with Crippen LogP contribution in [0.1, 0.15) is 17.2 Å². The highest BCUT2D eigenvalue weighted by atomic mass is 32.2. The first-order chi connectivity index (χ1) is 14.3. The summed E-state index contributed by atoms with van der Waals surface area (Å²) < 4.78 is 41.8. The Morgan fingerprint density at radius 3 is 2.53 bits per heavy atom. The van der Waals surface area contributed by atoms with E-state index in [2.05, 4.69) is 51.7 Å². The third-order valence-corrected chi connectivity index (χ3v) is 7.59. The molecule has 1 fully saturated rings. The maximum Gasteiger partial charge on any atom is 0.240 e. The number of hydrogen-bond donors (Lipinski definition) is 1. The maximum absolute atomic E-state index is 13.5. The van der Waals surface area contributed by atoms with Crippen LogP contribution < -0.4 is 9.62 Å². The maximum atomic E-state index is 13.5. The van der Waals surface area contributed by atoms with Crippen molar-refractivity contribution in [1.29, 1.82) is 0 Å². The highest BCUT2D eigenvalue weighted by Gasteiger charge is 2.27. The summed E-state index contributed by atoms with van der Waals surface area (Å²) in [5.41, 5.74) is 3.67. The predicted octanol–water partition coefficient (Wildman–Crippen LogP) is 2.08. The van der Waals surface area contributed by atoms with Crippen LogP contribution in [-0.2, 0) is 16.4 Å². The first-order valence-electron chi connectivity index (χ1n) is 10.4. The van der Waals surface area contributed by atoms with Gasteiger partial charge in [-0.3, -0.25) is 4.90 Å². The van der Waals surface area contributed by atoms with Gasteiger partial charge in [0.1, 0.15) is 5.82 Å². The second-order valence-corrected chi connectivity index (χ2v) is 9.99. The lowest BCUT2D eigenvalue weighted by Gasteiger charge is -2.38. The van der Waals surface area contributed by atoms with E-state index in [9.17, 15) is 12.8 Å². The Bertz CT molecular complexity index is 1010. The lowest BCUT2D eigenvalue weighted by atomic mass is 10.0. The van der Waals surface area contributed by atoms with Crippen molar-refractivity contribution in [3.8, 4) is 0 Å². The molecule has 8 heteroatoms. The zero-order valence-corrected chi connectivity index (χ0v) is 18.3. The van der Waals surface area contributed by atoms with E-state index >= 15 is 0 Å². The van der Waals surface area contributed by atoms with Crippen molar-refractivity contribution in [1.82, 2.24) is 14.5 Å². The van der Waals surface area contributed by atoms with E-state index in [1.807, 2.05) is 0 Å². The quantitative estimate of drug-likeness (QED) is 0.758. The topological polar surface area (TPSA) is 55.9 Å². The van der Waals surface area contributed by atoms with Gasteiger partial charge in [-0.15, -0.1) is 0 Å². The Balaban J connectivity index is 1.58. The van der Waals surface area contributed by atoms with Crippen LogP contribution in [0.3, 0.4) is 0 Å². The predicted molar refractivity (Wildman–Crippen MR) is 117 cm³/mol. The van der Waals surface area contributed by atoms with Gasteiger partial charge in [0, 0.05) is 58.0 Å². The van der Waals surface area contributed by atoms with Crippen LogP contribution in [0.4, 0.5) is 10.1 Å². The molecule has 2 aromatic carbocycles. The average Bonchev–Trinajstić information content (AvgIpc) is 3.10. The zero-order chi connectivity index (χ0) is 21.3. The number of likely N-dealkylation sites (N-methyl/N-ethyl adjacent to an activating group) is 2. The van der Waals surface area contributed by atoms with E-state index < -0.39 is 15.8 Å². The molecule has 6 nitrogen and oxygen atoms in total. The average molecular weight is 433 g/mol. The van der Waals surface area contributed by atoms with Gasteiger partial charge in [-0.25, -0.2) is 17.5 Å². The molecular formula is C22H29FN4O2S. The van der Waals surface area contributed by atoms with E-state index in [1.165, 1.54) is 29.4 Å². The molecule has 30 heavy (non-hydrogen) atoms. The third-order valence-electron chi connectivity index (χ3n) is 6.17. The number of nitrogens with one attached hydrogen (secondary N) is 1. The number of hydrogen-bond acceptors (Lipinski definition) is 5. The number of halogens is 1. The molecule has 0 bridgehead atoms. The Morgan fingerprint density at radius 2 is 1.80 bits per heavy atom. The van der Waals surface area contributed by atoms with Crippen molar-refractivity contribution in [3.05, 3.63) is 59.4 Å². The molecule has 1 saturated heterocycles.